The van der Waals surface area contributed by atoms with Crippen LogP contribution in [-0.4, -0.2) is 21.8 Å². The Bertz CT molecular complexity index is 435. The molecule has 4 heteroatoms. The minimum absolute atomic E-state index is 0.451. The lowest BCUT2D eigenvalue weighted by molar-refractivity contribution is 0.430. The Morgan fingerprint density at radius 3 is 2.79 bits per heavy atom. The number of fused-ring (bicyclic) bond motifs is 1. The lowest BCUT2D eigenvalue weighted by atomic mass is 9.99. The molecule has 0 saturated carbocycles. The molecule has 2 nitrogen and oxygen atoms in total. The van der Waals surface area contributed by atoms with E-state index in [2.05, 4.69) is 18.3 Å². The number of rotatable bonds is 3. The van der Waals surface area contributed by atoms with Gasteiger partial charge in [0.1, 0.15) is 0 Å². The number of thiophene rings is 1. The summed E-state index contributed by atoms with van der Waals surface area (Å²) in [6.07, 6.45) is 7.43. The van der Waals surface area contributed by atoms with Gasteiger partial charge in [0, 0.05) is 44.1 Å². The molecule has 1 aliphatic carbocycles. The predicted molar refractivity (Wildman–Crippen MR) is 83.4 cm³/mol. The van der Waals surface area contributed by atoms with Crippen LogP contribution in [0.1, 0.15) is 54.0 Å². The summed E-state index contributed by atoms with van der Waals surface area (Å²) in [6.45, 7) is 2.28. The Labute approximate surface area is 122 Å². The van der Waals surface area contributed by atoms with Crippen LogP contribution in [0.2, 0.25) is 0 Å². The molecule has 0 amide bonds. The summed E-state index contributed by atoms with van der Waals surface area (Å²) >= 11 is 2.01. The van der Waals surface area contributed by atoms with Crippen molar-refractivity contribution in [3.63, 3.8) is 0 Å². The number of hydrogen-bond donors (Lipinski definition) is 1. The van der Waals surface area contributed by atoms with Crippen LogP contribution in [0.3, 0.4) is 0 Å². The molecule has 106 valence electrons. The molecule has 3 rings (SSSR count). The average Bonchev–Trinajstić information content (AvgIpc) is 2.85. The molecule has 1 N–H and O–H groups in total. The molecule has 1 saturated heterocycles. The zero-order valence-electron chi connectivity index (χ0n) is 11.6. The third-order valence-electron chi connectivity index (χ3n) is 4.32. The minimum Gasteiger partial charge on any atom is -0.307 e. The van der Waals surface area contributed by atoms with E-state index in [1.165, 1.54) is 30.6 Å². The maximum Gasteiger partial charge on any atom is 0.0388 e. The monoisotopic (exact) mass is 297 g/mol. The molecule has 0 spiro atoms. The Kier molecular flexibility index (Phi) is 4.40. The highest BCUT2D eigenvalue weighted by Gasteiger charge is 2.22. The van der Waals surface area contributed by atoms with Crippen LogP contribution in [0.5, 0.6) is 0 Å². The standard InChI is InChI=1S/C15H23NOS2/c1-11(16-13-6-8-19(17)9-7-13)15-10-12-4-2-3-5-14(12)18-15/h10-11,13,16H,2-9H2,1H3. The zero-order chi connectivity index (χ0) is 13.2. The van der Waals surface area contributed by atoms with Crippen molar-refractivity contribution in [2.75, 3.05) is 11.5 Å². The summed E-state index contributed by atoms with van der Waals surface area (Å²) in [4.78, 5) is 3.12. The van der Waals surface area contributed by atoms with Crippen molar-refractivity contribution in [3.8, 4) is 0 Å². The maximum atomic E-state index is 11.4. The summed E-state index contributed by atoms with van der Waals surface area (Å²) in [7, 11) is -0.552. The van der Waals surface area contributed by atoms with E-state index < -0.39 is 10.8 Å². The Morgan fingerprint density at radius 1 is 1.32 bits per heavy atom. The highest BCUT2D eigenvalue weighted by Crippen LogP contribution is 2.33. The van der Waals surface area contributed by atoms with Crippen LogP contribution in [0, 0.1) is 0 Å². The van der Waals surface area contributed by atoms with Crippen molar-refractivity contribution in [2.45, 2.75) is 57.5 Å². The molecule has 0 aromatic carbocycles. The van der Waals surface area contributed by atoms with Gasteiger partial charge in [-0.25, -0.2) is 0 Å². The van der Waals surface area contributed by atoms with Crippen molar-refractivity contribution >= 4 is 22.1 Å². The SMILES string of the molecule is CC(NC1CCS(=O)CC1)c1cc2c(s1)CCCC2. The second-order valence-corrected chi connectivity index (χ2v) is 8.68. The highest BCUT2D eigenvalue weighted by atomic mass is 32.2. The third-order valence-corrected chi connectivity index (χ3v) is 7.12. The van der Waals surface area contributed by atoms with Gasteiger partial charge in [0.2, 0.25) is 0 Å². The lowest BCUT2D eigenvalue weighted by Crippen LogP contribution is -2.36. The summed E-state index contributed by atoms with van der Waals surface area (Å²) in [5.41, 5.74) is 1.60. The van der Waals surface area contributed by atoms with Crippen molar-refractivity contribution in [1.29, 1.82) is 0 Å². The molecule has 1 fully saturated rings. The van der Waals surface area contributed by atoms with Gasteiger partial charge in [-0.15, -0.1) is 11.3 Å². The molecule has 1 unspecified atom stereocenters. The summed E-state index contributed by atoms with van der Waals surface area (Å²) in [5, 5.41) is 3.74. The molecular weight excluding hydrogens is 274 g/mol. The van der Waals surface area contributed by atoms with Crippen LogP contribution < -0.4 is 5.32 Å². The van der Waals surface area contributed by atoms with Gasteiger partial charge in [0.15, 0.2) is 0 Å². The van der Waals surface area contributed by atoms with Gasteiger partial charge in [-0.05, 0) is 57.1 Å². The molecule has 2 heterocycles. The molecule has 1 aromatic heterocycles. The Balaban J connectivity index is 1.62. The molecule has 1 atom stereocenters. The molecule has 0 bridgehead atoms. The van der Waals surface area contributed by atoms with Crippen molar-refractivity contribution < 1.29 is 4.21 Å². The molecule has 1 aromatic rings. The zero-order valence-corrected chi connectivity index (χ0v) is 13.2. The van der Waals surface area contributed by atoms with E-state index in [0.717, 1.165) is 24.3 Å². The van der Waals surface area contributed by atoms with Crippen molar-refractivity contribution in [3.05, 3.63) is 21.4 Å². The summed E-state index contributed by atoms with van der Waals surface area (Å²) < 4.78 is 11.4. The summed E-state index contributed by atoms with van der Waals surface area (Å²) in [6, 6.07) is 3.44. The van der Waals surface area contributed by atoms with Crippen molar-refractivity contribution in [1.82, 2.24) is 5.32 Å². The van der Waals surface area contributed by atoms with Crippen LogP contribution in [0.4, 0.5) is 0 Å². The van der Waals surface area contributed by atoms with E-state index in [1.54, 1.807) is 10.4 Å². The number of aryl methyl sites for hydroxylation is 2. The molecule has 2 aliphatic rings. The van der Waals surface area contributed by atoms with E-state index in [4.69, 9.17) is 0 Å². The minimum atomic E-state index is -0.552. The quantitative estimate of drug-likeness (QED) is 0.928. The largest absolute Gasteiger partial charge is 0.307 e. The second-order valence-electron chi connectivity index (χ2n) is 5.81. The van der Waals surface area contributed by atoms with Gasteiger partial charge < -0.3 is 5.32 Å². The first-order valence-corrected chi connectivity index (χ1v) is 9.75. The Morgan fingerprint density at radius 2 is 2.05 bits per heavy atom. The smallest absolute Gasteiger partial charge is 0.0388 e. The summed E-state index contributed by atoms with van der Waals surface area (Å²) in [5.74, 6) is 1.76. The van der Waals surface area contributed by atoms with Gasteiger partial charge in [0.05, 0.1) is 0 Å². The molecule has 1 aliphatic heterocycles. The first-order valence-electron chi connectivity index (χ1n) is 7.45. The molecular formula is C15H23NOS2. The average molecular weight is 297 g/mol. The van der Waals surface area contributed by atoms with Gasteiger partial charge in [0.25, 0.3) is 0 Å². The molecule has 19 heavy (non-hydrogen) atoms. The number of nitrogens with one attached hydrogen (secondary N) is 1. The van der Waals surface area contributed by atoms with Crippen LogP contribution >= 0.6 is 11.3 Å². The second kappa shape index (κ2) is 6.06. The van der Waals surface area contributed by atoms with Crippen LogP contribution in [0.15, 0.2) is 6.07 Å². The third kappa shape index (κ3) is 3.29. The first-order chi connectivity index (χ1) is 9.22. The molecule has 0 radical (unpaired) electrons. The predicted octanol–water partition coefficient (Wildman–Crippen LogP) is 3.19. The van der Waals surface area contributed by atoms with Gasteiger partial charge in [-0.1, -0.05) is 0 Å². The van der Waals surface area contributed by atoms with E-state index in [-0.39, 0.29) is 0 Å². The van der Waals surface area contributed by atoms with E-state index in [9.17, 15) is 4.21 Å². The van der Waals surface area contributed by atoms with Crippen LogP contribution in [-0.2, 0) is 23.6 Å². The highest BCUT2D eigenvalue weighted by molar-refractivity contribution is 7.85. The van der Waals surface area contributed by atoms with E-state index in [0.29, 0.717) is 12.1 Å². The topological polar surface area (TPSA) is 29.1 Å². The van der Waals surface area contributed by atoms with Gasteiger partial charge >= 0.3 is 0 Å². The fraction of sp³-hybridized carbons (Fsp3) is 0.733. The fourth-order valence-corrected chi connectivity index (χ4v) is 5.69. The Hall–Kier alpha value is -0.190. The maximum absolute atomic E-state index is 11.4. The van der Waals surface area contributed by atoms with Crippen molar-refractivity contribution in [2.24, 2.45) is 0 Å². The normalized spacial score (nSPS) is 28.9. The first kappa shape index (κ1) is 13.8. The van der Waals surface area contributed by atoms with E-state index >= 15 is 0 Å². The van der Waals surface area contributed by atoms with Gasteiger partial charge in [-0.3, -0.25) is 4.21 Å². The number of hydrogen-bond acceptors (Lipinski definition) is 3. The van der Waals surface area contributed by atoms with E-state index in [1.807, 2.05) is 11.3 Å². The fourth-order valence-electron chi connectivity index (χ4n) is 3.12. The lowest BCUT2D eigenvalue weighted by Gasteiger charge is -2.25. The van der Waals surface area contributed by atoms with Crippen LogP contribution in [0.25, 0.3) is 0 Å². The van der Waals surface area contributed by atoms with Gasteiger partial charge in [-0.2, -0.15) is 0 Å².